The summed E-state index contributed by atoms with van der Waals surface area (Å²) < 4.78 is 40.1. The molecule has 1 N–H and O–H groups in total. The van der Waals surface area contributed by atoms with Gasteiger partial charge in [0.2, 0.25) is 0 Å². The fourth-order valence-corrected chi connectivity index (χ4v) is 4.36. The lowest BCUT2D eigenvalue weighted by Crippen LogP contribution is -2.04. The number of para-hydroxylation sites is 1. The Kier molecular flexibility index (Phi) is 4.48. The molecule has 136 valence electrons. The Balaban J connectivity index is 2.13. The molecule has 0 aliphatic heterocycles. The highest BCUT2D eigenvalue weighted by atomic mass is 35.5. The van der Waals surface area contributed by atoms with Crippen LogP contribution in [0.3, 0.4) is 0 Å². The molecular weight excluding hydrogens is 407 g/mol. The Morgan fingerprint density at radius 1 is 0.778 bits per heavy atom. The molecule has 0 aliphatic rings. The van der Waals surface area contributed by atoms with Crippen molar-refractivity contribution in [3.8, 4) is 11.5 Å². The van der Waals surface area contributed by atoms with Gasteiger partial charge in [0.05, 0.1) is 5.02 Å². The molecule has 0 fully saturated rings. The third kappa shape index (κ3) is 3.24. The quantitative estimate of drug-likeness (QED) is 0.311. The van der Waals surface area contributed by atoms with Crippen LogP contribution in [0, 0.1) is 0 Å². The highest BCUT2D eigenvalue weighted by Crippen LogP contribution is 2.47. The van der Waals surface area contributed by atoms with Gasteiger partial charge in [-0.15, -0.1) is 0 Å². The Morgan fingerprint density at radius 3 is 1.93 bits per heavy atom. The van der Waals surface area contributed by atoms with Crippen molar-refractivity contribution in [1.82, 2.24) is 0 Å². The predicted molar refractivity (Wildman–Crippen MR) is 108 cm³/mol. The van der Waals surface area contributed by atoms with Gasteiger partial charge in [0, 0.05) is 10.8 Å². The summed E-state index contributed by atoms with van der Waals surface area (Å²) in [6.45, 7) is 0. The van der Waals surface area contributed by atoms with Crippen molar-refractivity contribution >= 4 is 54.9 Å². The summed E-state index contributed by atoms with van der Waals surface area (Å²) in [6, 6.07) is 19.3. The maximum Gasteiger partial charge on any atom is 0.298 e. The van der Waals surface area contributed by atoms with Gasteiger partial charge >= 0.3 is 0 Å². The van der Waals surface area contributed by atoms with Crippen LogP contribution in [0.15, 0.2) is 71.6 Å². The molecule has 0 atom stereocenters. The van der Waals surface area contributed by atoms with Gasteiger partial charge in [-0.05, 0) is 35.0 Å². The highest BCUT2D eigenvalue weighted by Gasteiger charge is 2.27. The average Bonchev–Trinajstić information content (AvgIpc) is 2.64. The molecule has 7 heteroatoms. The molecule has 0 aromatic heterocycles. The number of halogens is 2. The Bertz CT molecular complexity index is 1290. The number of hydrogen-bond donors (Lipinski definition) is 1. The second-order valence-corrected chi connectivity index (χ2v) is 8.04. The second-order valence-electron chi connectivity index (χ2n) is 5.92. The normalized spacial score (nSPS) is 11.8. The topological polar surface area (TPSA) is 63.6 Å². The van der Waals surface area contributed by atoms with Gasteiger partial charge < -0.3 is 4.74 Å². The summed E-state index contributed by atoms with van der Waals surface area (Å²) in [4.78, 5) is -0.415. The highest BCUT2D eigenvalue weighted by molar-refractivity contribution is 7.86. The number of benzene rings is 4. The van der Waals surface area contributed by atoms with Crippen molar-refractivity contribution < 1.29 is 17.7 Å². The van der Waals surface area contributed by atoms with Crippen LogP contribution in [0.4, 0.5) is 0 Å². The summed E-state index contributed by atoms with van der Waals surface area (Å²) in [7, 11) is -4.66. The lowest BCUT2D eigenvalue weighted by atomic mass is 10.0. The van der Waals surface area contributed by atoms with E-state index in [0.29, 0.717) is 11.1 Å². The monoisotopic (exact) mass is 418 g/mol. The van der Waals surface area contributed by atoms with E-state index in [9.17, 15) is 13.0 Å². The maximum atomic E-state index is 12.2. The van der Waals surface area contributed by atoms with Crippen molar-refractivity contribution in [2.24, 2.45) is 0 Å². The van der Waals surface area contributed by atoms with E-state index in [2.05, 4.69) is 0 Å². The molecule has 4 rings (SSSR count). The van der Waals surface area contributed by atoms with Crippen molar-refractivity contribution in [1.29, 1.82) is 0 Å². The van der Waals surface area contributed by atoms with Crippen molar-refractivity contribution in [2.75, 3.05) is 0 Å². The number of ether oxygens (including phenoxy) is 1. The number of rotatable bonds is 3. The summed E-state index contributed by atoms with van der Waals surface area (Å²) in [5, 5.41) is 2.36. The molecule has 0 radical (unpaired) electrons. The van der Waals surface area contributed by atoms with Crippen LogP contribution in [0.1, 0.15) is 0 Å². The molecule has 4 aromatic carbocycles. The standard InChI is InChI=1S/C20H12Cl2O4S/c21-17-15-10-12-6-4-5-7-13(12)11-16(15)20(27(23,24)25)19(18(17)22)26-14-8-2-1-3-9-14/h1-11H,(H,23,24,25). The van der Waals surface area contributed by atoms with Crippen LogP contribution in [0.2, 0.25) is 10.0 Å². The molecule has 0 spiro atoms. The average molecular weight is 419 g/mol. The molecule has 0 saturated carbocycles. The minimum atomic E-state index is -4.66. The van der Waals surface area contributed by atoms with Gasteiger partial charge in [-0.1, -0.05) is 65.7 Å². The van der Waals surface area contributed by atoms with Crippen molar-refractivity contribution in [2.45, 2.75) is 4.90 Å². The van der Waals surface area contributed by atoms with Gasteiger partial charge in [-0.2, -0.15) is 8.42 Å². The zero-order chi connectivity index (χ0) is 19.2. The number of hydrogen-bond acceptors (Lipinski definition) is 3. The Labute approximate surface area is 165 Å². The van der Waals surface area contributed by atoms with Gasteiger partial charge in [0.15, 0.2) is 5.75 Å². The molecule has 0 bridgehead atoms. The van der Waals surface area contributed by atoms with Gasteiger partial charge in [-0.3, -0.25) is 4.55 Å². The molecule has 0 unspecified atom stereocenters. The minimum absolute atomic E-state index is 0.0871. The Morgan fingerprint density at radius 2 is 1.33 bits per heavy atom. The predicted octanol–water partition coefficient (Wildman–Crippen LogP) is 6.34. The third-order valence-corrected chi connectivity index (χ3v) is 5.96. The molecule has 27 heavy (non-hydrogen) atoms. The van der Waals surface area contributed by atoms with Crippen LogP contribution >= 0.6 is 23.2 Å². The fourth-order valence-electron chi connectivity index (χ4n) is 3.00. The molecule has 4 aromatic rings. The zero-order valence-electron chi connectivity index (χ0n) is 13.7. The zero-order valence-corrected chi connectivity index (χ0v) is 16.0. The Hall–Kier alpha value is -2.31. The summed E-state index contributed by atoms with van der Waals surface area (Å²) in [5.74, 6) is 0.152. The lowest BCUT2D eigenvalue weighted by Gasteiger charge is -2.16. The molecule has 0 amide bonds. The fraction of sp³-hybridized carbons (Fsp3) is 0. The third-order valence-electron chi connectivity index (χ3n) is 4.19. The molecule has 0 aliphatic carbocycles. The van der Waals surface area contributed by atoms with Crippen LogP contribution < -0.4 is 4.74 Å². The minimum Gasteiger partial charge on any atom is -0.454 e. The molecular formula is C20H12Cl2O4S. The van der Waals surface area contributed by atoms with Crippen LogP contribution in [-0.4, -0.2) is 13.0 Å². The summed E-state index contributed by atoms with van der Waals surface area (Å²) in [5.41, 5.74) is 0. The summed E-state index contributed by atoms with van der Waals surface area (Å²) >= 11 is 12.8. The first-order valence-corrected chi connectivity index (χ1v) is 10.1. The van der Waals surface area contributed by atoms with Crippen LogP contribution in [-0.2, 0) is 10.1 Å². The number of fused-ring (bicyclic) bond motifs is 2. The van der Waals surface area contributed by atoms with Crippen LogP contribution in [0.5, 0.6) is 11.5 Å². The molecule has 4 nitrogen and oxygen atoms in total. The van der Waals surface area contributed by atoms with Crippen molar-refractivity contribution in [3.05, 3.63) is 76.8 Å². The van der Waals surface area contributed by atoms with E-state index in [4.69, 9.17) is 27.9 Å². The van der Waals surface area contributed by atoms with E-state index in [0.717, 1.165) is 10.8 Å². The smallest absolute Gasteiger partial charge is 0.298 e. The first-order chi connectivity index (χ1) is 12.9. The van der Waals surface area contributed by atoms with Gasteiger partial charge in [0.1, 0.15) is 15.7 Å². The van der Waals surface area contributed by atoms with E-state index in [1.807, 2.05) is 24.3 Å². The molecule has 0 heterocycles. The first kappa shape index (κ1) is 18.1. The van der Waals surface area contributed by atoms with E-state index < -0.39 is 15.0 Å². The molecule has 0 saturated heterocycles. The van der Waals surface area contributed by atoms with Crippen molar-refractivity contribution in [3.63, 3.8) is 0 Å². The lowest BCUT2D eigenvalue weighted by molar-refractivity contribution is 0.452. The van der Waals surface area contributed by atoms with E-state index in [-0.39, 0.29) is 21.2 Å². The van der Waals surface area contributed by atoms with E-state index in [1.165, 1.54) is 0 Å². The maximum absolute atomic E-state index is 12.2. The second kappa shape index (κ2) is 6.69. The van der Waals surface area contributed by atoms with E-state index in [1.54, 1.807) is 42.5 Å². The SMILES string of the molecule is O=S(=O)(O)c1c(Oc2ccccc2)c(Cl)c(Cl)c2cc3ccccc3cc12. The van der Waals surface area contributed by atoms with E-state index >= 15 is 0 Å². The van der Waals surface area contributed by atoms with Gasteiger partial charge in [0.25, 0.3) is 10.1 Å². The van der Waals surface area contributed by atoms with Crippen LogP contribution in [0.25, 0.3) is 21.5 Å². The largest absolute Gasteiger partial charge is 0.454 e. The first-order valence-electron chi connectivity index (χ1n) is 7.90. The van der Waals surface area contributed by atoms with Gasteiger partial charge in [-0.25, -0.2) is 0 Å². The summed E-state index contributed by atoms with van der Waals surface area (Å²) in [6.07, 6.45) is 0.